The van der Waals surface area contributed by atoms with Gasteiger partial charge in [0.1, 0.15) is 5.82 Å². The predicted octanol–water partition coefficient (Wildman–Crippen LogP) is 4.16. The molecule has 3 nitrogen and oxygen atoms in total. The molecule has 0 aliphatic carbocycles. The van der Waals surface area contributed by atoms with Gasteiger partial charge in [-0.1, -0.05) is 19.9 Å². The first kappa shape index (κ1) is 16.8. The van der Waals surface area contributed by atoms with Crippen molar-refractivity contribution in [2.75, 3.05) is 0 Å². The second-order valence-corrected chi connectivity index (χ2v) is 4.51. The Hall–Kier alpha value is -2.23. The molecule has 21 heavy (non-hydrogen) atoms. The number of aryl methyl sites for hydroxylation is 2. The van der Waals surface area contributed by atoms with Crippen LogP contribution in [0, 0.1) is 19.7 Å². The normalized spacial score (nSPS) is 9.76. The van der Waals surface area contributed by atoms with Gasteiger partial charge < -0.3 is 5.11 Å². The summed E-state index contributed by atoms with van der Waals surface area (Å²) in [6, 6.07) is 6.67. The van der Waals surface area contributed by atoms with Crippen LogP contribution >= 0.6 is 0 Å². The Kier molecular flexibility index (Phi) is 6.03. The molecule has 0 aliphatic rings. The van der Waals surface area contributed by atoms with Gasteiger partial charge in [-0.05, 0) is 54.3 Å². The molecule has 0 saturated carbocycles. The lowest BCUT2D eigenvalue weighted by Crippen LogP contribution is -2.03. The highest BCUT2D eigenvalue weighted by atomic mass is 19.1. The summed E-state index contributed by atoms with van der Waals surface area (Å²) in [7, 11) is 0. The number of rotatable bonds is 3. The van der Waals surface area contributed by atoms with Gasteiger partial charge in [0.25, 0.3) is 0 Å². The zero-order chi connectivity index (χ0) is 16.0. The van der Waals surface area contributed by atoms with Gasteiger partial charge in [-0.3, -0.25) is 9.78 Å². The molecule has 0 radical (unpaired) electrons. The summed E-state index contributed by atoms with van der Waals surface area (Å²) in [5, 5.41) is 8.73. The molecule has 1 aromatic carbocycles. The number of nitrogens with zero attached hydrogens (tertiary/aromatic N) is 1. The van der Waals surface area contributed by atoms with E-state index in [2.05, 4.69) is 4.98 Å². The highest BCUT2D eigenvalue weighted by Gasteiger charge is 2.11. The molecule has 4 heteroatoms. The van der Waals surface area contributed by atoms with Crippen molar-refractivity contribution in [2.45, 2.75) is 34.1 Å². The number of carboxylic acid groups (broad SMARTS) is 1. The smallest absolute Gasteiger partial charge is 0.307 e. The summed E-state index contributed by atoms with van der Waals surface area (Å²) in [6.07, 6.45) is 1.37. The highest BCUT2D eigenvalue weighted by Crippen LogP contribution is 2.26. The number of aliphatic carboxylic acids is 1. The minimum absolute atomic E-state index is 0.208. The highest BCUT2D eigenvalue weighted by molar-refractivity contribution is 5.72. The van der Waals surface area contributed by atoms with Gasteiger partial charge in [0, 0.05) is 11.9 Å². The first-order valence-electron chi connectivity index (χ1n) is 6.91. The molecule has 1 heterocycles. The fourth-order valence-electron chi connectivity index (χ4n) is 2.06. The van der Waals surface area contributed by atoms with Crippen molar-refractivity contribution >= 4 is 5.97 Å². The molecule has 0 bridgehead atoms. The van der Waals surface area contributed by atoms with Crippen LogP contribution in [0.5, 0.6) is 0 Å². The molecule has 1 N–H and O–H groups in total. The zero-order valence-corrected chi connectivity index (χ0v) is 12.8. The van der Waals surface area contributed by atoms with E-state index in [-0.39, 0.29) is 12.0 Å². The van der Waals surface area contributed by atoms with Gasteiger partial charge in [0.05, 0.1) is 6.42 Å². The Morgan fingerprint density at radius 1 is 1.24 bits per heavy atom. The van der Waals surface area contributed by atoms with Crippen molar-refractivity contribution in [1.29, 1.82) is 0 Å². The molecule has 0 fully saturated rings. The van der Waals surface area contributed by atoms with Gasteiger partial charge in [-0.15, -0.1) is 0 Å². The second-order valence-electron chi connectivity index (χ2n) is 4.51. The maximum absolute atomic E-state index is 13.9. The number of carbonyl (C=O) groups is 1. The van der Waals surface area contributed by atoms with Crippen molar-refractivity contribution < 1.29 is 14.3 Å². The molecule has 0 aliphatic heterocycles. The zero-order valence-electron chi connectivity index (χ0n) is 12.8. The van der Waals surface area contributed by atoms with E-state index in [0.29, 0.717) is 0 Å². The Balaban J connectivity index is 0.00000106. The quantitative estimate of drug-likeness (QED) is 0.923. The van der Waals surface area contributed by atoms with Crippen molar-refractivity contribution in [3.8, 4) is 11.1 Å². The number of aromatic nitrogens is 1. The van der Waals surface area contributed by atoms with Crippen LogP contribution < -0.4 is 0 Å². The molecular formula is C17H20FNO2. The van der Waals surface area contributed by atoms with E-state index in [4.69, 9.17) is 5.11 Å². The Labute approximate surface area is 124 Å². The molecule has 2 aromatic rings. The van der Waals surface area contributed by atoms with Gasteiger partial charge in [0.2, 0.25) is 0 Å². The topological polar surface area (TPSA) is 50.2 Å². The third-order valence-corrected chi connectivity index (χ3v) is 2.94. The van der Waals surface area contributed by atoms with E-state index in [0.717, 1.165) is 22.4 Å². The monoisotopic (exact) mass is 289 g/mol. The molecule has 2 rings (SSSR count). The lowest BCUT2D eigenvalue weighted by atomic mass is 9.97. The third kappa shape index (κ3) is 4.38. The minimum Gasteiger partial charge on any atom is -0.481 e. The summed E-state index contributed by atoms with van der Waals surface area (Å²) >= 11 is 0. The predicted molar refractivity (Wildman–Crippen MR) is 81.8 cm³/mol. The standard InChI is InChI=1S/C15H14FNO2.C2H6/c1-9-5-12(7-15(18)19)14(16)8-13(9)11-3-4-17-10(2)6-11;1-2/h3-6,8H,7H2,1-2H3,(H,18,19);1-2H3. The lowest BCUT2D eigenvalue weighted by Gasteiger charge is -2.10. The molecule has 0 amide bonds. The maximum Gasteiger partial charge on any atom is 0.307 e. The van der Waals surface area contributed by atoms with Crippen molar-refractivity contribution in [3.63, 3.8) is 0 Å². The molecule has 112 valence electrons. The second kappa shape index (κ2) is 7.53. The van der Waals surface area contributed by atoms with Crippen LogP contribution in [0.1, 0.15) is 30.7 Å². The summed E-state index contributed by atoms with van der Waals surface area (Å²) in [4.78, 5) is 14.8. The first-order valence-corrected chi connectivity index (χ1v) is 6.91. The van der Waals surface area contributed by atoms with Crippen LogP contribution in [0.15, 0.2) is 30.5 Å². The summed E-state index contributed by atoms with van der Waals surface area (Å²) in [6.45, 7) is 7.71. The first-order chi connectivity index (χ1) is 9.97. The molecular weight excluding hydrogens is 269 g/mol. The van der Waals surface area contributed by atoms with Crippen LogP contribution in [0.2, 0.25) is 0 Å². The van der Waals surface area contributed by atoms with E-state index >= 15 is 0 Å². The number of pyridine rings is 1. The summed E-state index contributed by atoms with van der Waals surface area (Å²) < 4.78 is 13.9. The van der Waals surface area contributed by atoms with Gasteiger partial charge in [-0.25, -0.2) is 4.39 Å². The number of hydrogen-bond acceptors (Lipinski definition) is 2. The van der Waals surface area contributed by atoms with E-state index in [1.807, 2.05) is 39.8 Å². The van der Waals surface area contributed by atoms with Crippen LogP contribution in [0.4, 0.5) is 4.39 Å². The van der Waals surface area contributed by atoms with Crippen LogP contribution in [-0.2, 0) is 11.2 Å². The van der Waals surface area contributed by atoms with E-state index in [1.165, 1.54) is 6.07 Å². The van der Waals surface area contributed by atoms with Crippen LogP contribution in [0.25, 0.3) is 11.1 Å². The molecule has 0 unspecified atom stereocenters. The molecule has 0 spiro atoms. The number of carboxylic acids is 1. The Morgan fingerprint density at radius 2 is 1.90 bits per heavy atom. The summed E-state index contributed by atoms with van der Waals surface area (Å²) in [5.74, 6) is -1.52. The molecule has 0 atom stereocenters. The number of benzene rings is 1. The lowest BCUT2D eigenvalue weighted by molar-refractivity contribution is -0.136. The van der Waals surface area contributed by atoms with Gasteiger partial charge in [0.15, 0.2) is 0 Å². The fourth-order valence-corrected chi connectivity index (χ4v) is 2.06. The average Bonchev–Trinajstić information content (AvgIpc) is 2.44. The maximum atomic E-state index is 13.9. The molecule has 0 saturated heterocycles. The van der Waals surface area contributed by atoms with Crippen LogP contribution in [-0.4, -0.2) is 16.1 Å². The van der Waals surface area contributed by atoms with Crippen molar-refractivity contribution in [3.05, 3.63) is 53.1 Å². The minimum atomic E-state index is -1.04. The fraction of sp³-hybridized carbons (Fsp3) is 0.294. The Bertz CT molecular complexity index is 639. The van der Waals surface area contributed by atoms with Gasteiger partial charge in [-0.2, -0.15) is 0 Å². The van der Waals surface area contributed by atoms with Crippen molar-refractivity contribution in [2.24, 2.45) is 0 Å². The van der Waals surface area contributed by atoms with E-state index in [9.17, 15) is 9.18 Å². The summed E-state index contributed by atoms with van der Waals surface area (Å²) in [5.41, 5.74) is 3.55. The van der Waals surface area contributed by atoms with E-state index in [1.54, 1.807) is 12.3 Å². The molecule has 1 aromatic heterocycles. The van der Waals surface area contributed by atoms with Crippen molar-refractivity contribution in [1.82, 2.24) is 4.98 Å². The van der Waals surface area contributed by atoms with Gasteiger partial charge >= 0.3 is 5.97 Å². The number of hydrogen-bond donors (Lipinski definition) is 1. The average molecular weight is 289 g/mol. The Morgan fingerprint density at radius 3 is 2.48 bits per heavy atom. The number of halogens is 1. The largest absolute Gasteiger partial charge is 0.481 e. The van der Waals surface area contributed by atoms with Crippen LogP contribution in [0.3, 0.4) is 0 Å². The third-order valence-electron chi connectivity index (χ3n) is 2.94. The van der Waals surface area contributed by atoms with E-state index < -0.39 is 11.8 Å². The SMILES string of the molecule is CC.Cc1cc(-c2cc(F)c(CC(=O)O)cc2C)ccn1.